The van der Waals surface area contributed by atoms with Crippen LogP contribution in [0.4, 0.5) is 4.20 Å². The van der Waals surface area contributed by atoms with Crippen molar-refractivity contribution in [2.75, 3.05) is 0 Å². The van der Waals surface area contributed by atoms with Gasteiger partial charge in [-0.05, 0) is 4.57 Å². The van der Waals surface area contributed by atoms with Crippen molar-refractivity contribution in [1.82, 2.24) is 0 Å². The Bertz CT molecular complexity index is 32.6. The van der Waals surface area contributed by atoms with Crippen LogP contribution in [0.15, 0.2) is 0 Å². The maximum Gasteiger partial charge on any atom is 1.00 e. The van der Waals surface area contributed by atoms with Gasteiger partial charge in [-0.15, -0.1) is 0 Å². The van der Waals surface area contributed by atoms with E-state index in [-0.39, 0.29) is 29.6 Å². The van der Waals surface area contributed by atoms with E-state index < -0.39 is 8.34 Å². The predicted molar refractivity (Wildman–Crippen MR) is 8.71 cm³/mol. The SMILES string of the molecule is O=[P+]([O-])F.[Na+]. The Hall–Kier alpha value is 0.990. The molecule has 1 atom stereocenters. The maximum atomic E-state index is 9.95. The van der Waals surface area contributed by atoms with Gasteiger partial charge in [0, 0.05) is 0 Å². The summed E-state index contributed by atoms with van der Waals surface area (Å²) in [5.74, 6) is 0. The minimum atomic E-state index is -3.62. The van der Waals surface area contributed by atoms with Crippen LogP contribution >= 0.6 is 8.34 Å². The van der Waals surface area contributed by atoms with Gasteiger partial charge in [0.25, 0.3) is 0 Å². The van der Waals surface area contributed by atoms with Crippen molar-refractivity contribution in [2.45, 2.75) is 0 Å². The minimum absolute atomic E-state index is 0. The van der Waals surface area contributed by atoms with Crippen LogP contribution in [0.2, 0.25) is 0 Å². The molecule has 0 bridgehead atoms. The van der Waals surface area contributed by atoms with E-state index in [1.54, 1.807) is 0 Å². The van der Waals surface area contributed by atoms with E-state index in [1.165, 1.54) is 0 Å². The topological polar surface area (TPSA) is 40.1 Å². The molecular formula is FNaO2P+. The molecule has 0 saturated heterocycles. The molecule has 24 valence electrons. The third-order valence-electron chi connectivity index (χ3n) is 0. The molecule has 0 N–H and O–H groups in total. The van der Waals surface area contributed by atoms with E-state index in [4.69, 9.17) is 9.46 Å². The van der Waals surface area contributed by atoms with Crippen LogP contribution in [0.5, 0.6) is 0 Å². The minimum Gasteiger partial charge on any atom is -0.562 e. The van der Waals surface area contributed by atoms with E-state index in [0.717, 1.165) is 0 Å². The van der Waals surface area contributed by atoms with Crippen molar-refractivity contribution in [3.63, 3.8) is 0 Å². The summed E-state index contributed by atoms with van der Waals surface area (Å²) in [4.78, 5) is 8.37. The fourth-order valence-corrected chi connectivity index (χ4v) is 0. The summed E-state index contributed by atoms with van der Waals surface area (Å²) in [7, 11) is -3.62. The Morgan fingerprint density at radius 2 is 1.80 bits per heavy atom. The average molecular weight is 105 g/mol. The van der Waals surface area contributed by atoms with E-state index >= 15 is 0 Å². The van der Waals surface area contributed by atoms with Gasteiger partial charge < -0.3 is 4.89 Å². The first kappa shape index (κ1) is 9.37. The van der Waals surface area contributed by atoms with Gasteiger partial charge in [-0.2, -0.15) is 0 Å². The zero-order valence-corrected chi connectivity index (χ0v) is 5.54. The molecule has 0 aliphatic rings. The van der Waals surface area contributed by atoms with Crippen LogP contribution in [0.3, 0.4) is 0 Å². The second-order valence-electron chi connectivity index (χ2n) is 0.213. The van der Waals surface area contributed by atoms with Crippen molar-refractivity contribution < 1.29 is 43.2 Å². The van der Waals surface area contributed by atoms with Gasteiger partial charge in [-0.1, -0.05) is 0 Å². The quantitative estimate of drug-likeness (QED) is 0.243. The van der Waals surface area contributed by atoms with Gasteiger partial charge in [-0.25, -0.2) is 0 Å². The third-order valence-corrected chi connectivity index (χ3v) is 0. The van der Waals surface area contributed by atoms with Crippen LogP contribution in [0, 0.1) is 0 Å². The standard InChI is InChI=1S/FO2P.Na/c1-4(2)3;/q;+1. The summed E-state index contributed by atoms with van der Waals surface area (Å²) in [6.45, 7) is 0. The normalized spacial score (nSPS) is 8.80. The Labute approximate surface area is 51.7 Å². The Kier molecular flexibility index (Phi) is 9.35. The number of rotatable bonds is 0. The van der Waals surface area contributed by atoms with Crippen molar-refractivity contribution >= 4 is 8.34 Å². The largest absolute Gasteiger partial charge is 1.00 e. The number of hydrogen-bond acceptors (Lipinski definition) is 2. The van der Waals surface area contributed by atoms with Gasteiger partial charge in [0.05, 0.1) is 4.20 Å². The van der Waals surface area contributed by atoms with Crippen molar-refractivity contribution in [3.05, 3.63) is 0 Å². The molecule has 0 aliphatic carbocycles. The molecule has 0 spiro atoms. The first-order valence-electron chi connectivity index (χ1n) is 0.534. The molecule has 0 aromatic heterocycles. The second kappa shape index (κ2) is 4.99. The monoisotopic (exact) mass is 105 g/mol. The molecule has 1 unspecified atom stereocenters. The molecule has 0 heterocycles. The van der Waals surface area contributed by atoms with Gasteiger partial charge in [0.15, 0.2) is 0 Å². The first-order valence-corrected chi connectivity index (χ1v) is 1.60. The summed E-state index contributed by atoms with van der Waals surface area (Å²) in [6.07, 6.45) is 0. The van der Waals surface area contributed by atoms with Crippen LogP contribution in [0.25, 0.3) is 0 Å². The Morgan fingerprint density at radius 3 is 1.80 bits per heavy atom. The Morgan fingerprint density at radius 1 is 1.80 bits per heavy atom. The number of hydrogen-bond donors (Lipinski definition) is 0. The Balaban J connectivity index is 0. The number of halogens is 1. The zero-order chi connectivity index (χ0) is 3.58. The predicted octanol–water partition coefficient (Wildman–Crippen LogP) is -3.02. The molecule has 5 heavy (non-hydrogen) atoms. The molecule has 0 aromatic carbocycles. The fraction of sp³-hybridized carbons (Fsp3) is 0. The summed E-state index contributed by atoms with van der Waals surface area (Å²) in [5, 5.41) is 0. The van der Waals surface area contributed by atoms with Crippen LogP contribution in [-0.2, 0) is 4.57 Å². The molecule has 0 fully saturated rings. The summed E-state index contributed by atoms with van der Waals surface area (Å²) >= 11 is 0. The summed E-state index contributed by atoms with van der Waals surface area (Å²) in [5.41, 5.74) is 0. The average Bonchev–Trinajstić information content (AvgIpc) is 0.811. The van der Waals surface area contributed by atoms with Gasteiger partial charge in [0.2, 0.25) is 0 Å². The molecule has 2 nitrogen and oxygen atoms in total. The molecule has 5 heteroatoms. The summed E-state index contributed by atoms with van der Waals surface area (Å²) < 4.78 is 18.3. The molecule has 0 aromatic rings. The molecule has 0 amide bonds. The van der Waals surface area contributed by atoms with E-state index in [0.29, 0.717) is 0 Å². The van der Waals surface area contributed by atoms with Gasteiger partial charge >= 0.3 is 37.9 Å². The summed E-state index contributed by atoms with van der Waals surface area (Å²) in [6, 6.07) is 0. The van der Waals surface area contributed by atoms with E-state index in [1.807, 2.05) is 0 Å². The molecule has 0 aliphatic heterocycles. The molecular weight excluding hydrogens is 105 g/mol. The molecule has 0 saturated carbocycles. The van der Waals surface area contributed by atoms with Crippen LogP contribution in [-0.4, -0.2) is 0 Å². The van der Waals surface area contributed by atoms with Gasteiger partial charge in [-0.3, -0.25) is 0 Å². The smallest absolute Gasteiger partial charge is 0.562 e. The van der Waals surface area contributed by atoms with Gasteiger partial charge in [0.1, 0.15) is 0 Å². The first-order chi connectivity index (χ1) is 1.73. The van der Waals surface area contributed by atoms with Crippen molar-refractivity contribution in [3.8, 4) is 0 Å². The van der Waals surface area contributed by atoms with Crippen molar-refractivity contribution in [1.29, 1.82) is 0 Å². The van der Waals surface area contributed by atoms with Crippen LogP contribution in [0.1, 0.15) is 0 Å². The van der Waals surface area contributed by atoms with E-state index in [9.17, 15) is 4.20 Å². The molecule has 0 radical (unpaired) electrons. The van der Waals surface area contributed by atoms with E-state index in [2.05, 4.69) is 0 Å². The van der Waals surface area contributed by atoms with Crippen LogP contribution < -0.4 is 34.5 Å². The molecule has 0 rings (SSSR count). The second-order valence-corrected chi connectivity index (χ2v) is 0.638. The third kappa shape index (κ3) is 45.5. The zero-order valence-electron chi connectivity index (χ0n) is 2.64. The van der Waals surface area contributed by atoms with Crippen molar-refractivity contribution in [2.24, 2.45) is 0 Å². The fourth-order valence-electron chi connectivity index (χ4n) is 0. The maximum absolute atomic E-state index is 9.95.